The van der Waals surface area contributed by atoms with Gasteiger partial charge in [0.1, 0.15) is 0 Å². The van der Waals surface area contributed by atoms with Crippen LogP contribution in [0.15, 0.2) is 0 Å². The lowest BCUT2D eigenvalue weighted by atomic mass is 9.98. The molecule has 0 saturated carbocycles. The van der Waals surface area contributed by atoms with Crippen molar-refractivity contribution < 1.29 is 13.5 Å². The molecule has 0 amide bonds. The van der Waals surface area contributed by atoms with Gasteiger partial charge in [0.05, 0.1) is 23.7 Å². The van der Waals surface area contributed by atoms with Crippen LogP contribution in [0.3, 0.4) is 0 Å². The molecule has 2 N–H and O–H groups in total. The molecule has 2 aliphatic rings. The van der Waals surface area contributed by atoms with Crippen LogP contribution in [0.25, 0.3) is 0 Å². The smallest absolute Gasteiger partial charge is 0.154 e. The van der Waals surface area contributed by atoms with E-state index in [2.05, 4.69) is 17.1 Å². The van der Waals surface area contributed by atoms with Gasteiger partial charge in [-0.25, -0.2) is 8.42 Å². The maximum absolute atomic E-state index is 11.7. The average Bonchev–Trinajstić information content (AvgIpc) is 2.63. The molecule has 6 heteroatoms. The highest BCUT2D eigenvalue weighted by Crippen LogP contribution is 2.21. The Morgan fingerprint density at radius 1 is 1.37 bits per heavy atom. The molecule has 5 nitrogen and oxygen atoms in total. The summed E-state index contributed by atoms with van der Waals surface area (Å²) in [6.45, 7) is 5.97. The van der Waals surface area contributed by atoms with Gasteiger partial charge in [-0.2, -0.15) is 0 Å². The second-order valence-electron chi connectivity index (χ2n) is 5.92. The van der Waals surface area contributed by atoms with Crippen molar-refractivity contribution in [2.24, 2.45) is 5.92 Å². The van der Waals surface area contributed by atoms with Crippen LogP contribution >= 0.6 is 0 Å². The van der Waals surface area contributed by atoms with E-state index in [4.69, 9.17) is 0 Å². The number of aliphatic hydroxyl groups excluding tert-OH is 1. The molecule has 3 unspecified atom stereocenters. The minimum atomic E-state index is -3.06. The van der Waals surface area contributed by atoms with Crippen LogP contribution in [0.1, 0.15) is 26.2 Å². The first kappa shape index (κ1) is 15.2. The summed E-state index contributed by atoms with van der Waals surface area (Å²) in [6.07, 6.45) is 2.66. The fraction of sp³-hybridized carbons (Fsp3) is 1.00. The SMILES string of the molecule is CCCN(CC1CCCNC1)C1CS(=O)(=O)CC1O. The average molecular weight is 290 g/mol. The highest BCUT2D eigenvalue weighted by molar-refractivity contribution is 7.91. The number of aliphatic hydroxyl groups is 1. The zero-order chi connectivity index (χ0) is 13.9. The molecular formula is C13H26N2O3S. The molecule has 2 fully saturated rings. The van der Waals surface area contributed by atoms with Crippen LogP contribution in [-0.2, 0) is 9.84 Å². The summed E-state index contributed by atoms with van der Waals surface area (Å²) < 4.78 is 23.3. The normalized spacial score (nSPS) is 34.8. The molecule has 0 bridgehead atoms. The van der Waals surface area contributed by atoms with E-state index in [0.29, 0.717) is 5.92 Å². The topological polar surface area (TPSA) is 69.6 Å². The number of piperidine rings is 1. The first-order chi connectivity index (χ1) is 9.02. The monoisotopic (exact) mass is 290 g/mol. The lowest BCUT2D eigenvalue weighted by Crippen LogP contribution is -2.48. The van der Waals surface area contributed by atoms with Gasteiger partial charge in [0.2, 0.25) is 0 Å². The molecule has 0 spiro atoms. The fourth-order valence-electron chi connectivity index (χ4n) is 3.25. The van der Waals surface area contributed by atoms with Crippen molar-refractivity contribution in [1.29, 1.82) is 0 Å². The fourth-order valence-corrected chi connectivity index (χ4v) is 5.08. The molecule has 112 valence electrons. The van der Waals surface area contributed by atoms with Crippen LogP contribution in [-0.4, -0.2) is 68.3 Å². The van der Waals surface area contributed by atoms with Crippen LogP contribution in [0.2, 0.25) is 0 Å². The molecule has 0 aromatic rings. The number of nitrogens with one attached hydrogen (secondary N) is 1. The molecule has 2 saturated heterocycles. The molecule has 3 atom stereocenters. The predicted octanol–water partition coefficient (Wildman–Crippen LogP) is -0.144. The minimum Gasteiger partial charge on any atom is -0.390 e. The minimum absolute atomic E-state index is 0.0687. The second kappa shape index (κ2) is 6.52. The maximum atomic E-state index is 11.7. The summed E-state index contributed by atoms with van der Waals surface area (Å²) >= 11 is 0. The van der Waals surface area contributed by atoms with E-state index in [1.54, 1.807) is 0 Å². The molecule has 19 heavy (non-hydrogen) atoms. The summed E-state index contributed by atoms with van der Waals surface area (Å²) in [7, 11) is -3.06. The maximum Gasteiger partial charge on any atom is 0.154 e. The molecule has 2 heterocycles. The van der Waals surface area contributed by atoms with Crippen molar-refractivity contribution in [3.8, 4) is 0 Å². The van der Waals surface area contributed by atoms with Gasteiger partial charge >= 0.3 is 0 Å². The first-order valence-corrected chi connectivity index (χ1v) is 9.17. The Hall–Kier alpha value is -0.170. The number of nitrogens with zero attached hydrogens (tertiary/aromatic N) is 1. The molecular weight excluding hydrogens is 264 g/mol. The standard InChI is InChI=1S/C13H26N2O3S/c1-2-6-15(8-11-4-3-5-14-7-11)12-9-19(17,18)10-13(12)16/h11-14,16H,2-10H2,1H3. The molecule has 2 aliphatic heterocycles. The van der Waals surface area contributed by atoms with Gasteiger partial charge in [-0.05, 0) is 44.8 Å². The third-order valence-electron chi connectivity index (χ3n) is 4.17. The summed E-state index contributed by atoms with van der Waals surface area (Å²) in [5.41, 5.74) is 0. The van der Waals surface area contributed by atoms with E-state index in [0.717, 1.165) is 32.6 Å². The van der Waals surface area contributed by atoms with Gasteiger partial charge in [0, 0.05) is 6.54 Å². The molecule has 0 aromatic carbocycles. The van der Waals surface area contributed by atoms with E-state index < -0.39 is 15.9 Å². The van der Waals surface area contributed by atoms with Gasteiger partial charge in [-0.1, -0.05) is 6.92 Å². The van der Waals surface area contributed by atoms with E-state index >= 15 is 0 Å². The summed E-state index contributed by atoms with van der Waals surface area (Å²) in [5.74, 6) is 0.630. The molecule has 0 aromatic heterocycles. The van der Waals surface area contributed by atoms with Gasteiger partial charge in [-0.15, -0.1) is 0 Å². The number of hydrogen-bond acceptors (Lipinski definition) is 5. The number of hydrogen-bond donors (Lipinski definition) is 2. The van der Waals surface area contributed by atoms with E-state index in [9.17, 15) is 13.5 Å². The van der Waals surface area contributed by atoms with Gasteiger partial charge in [0.15, 0.2) is 9.84 Å². The number of sulfone groups is 1. The van der Waals surface area contributed by atoms with Crippen molar-refractivity contribution in [3.05, 3.63) is 0 Å². The van der Waals surface area contributed by atoms with Crippen molar-refractivity contribution >= 4 is 9.84 Å². The lowest BCUT2D eigenvalue weighted by Gasteiger charge is -2.34. The van der Waals surface area contributed by atoms with Crippen LogP contribution in [0.5, 0.6) is 0 Å². The van der Waals surface area contributed by atoms with Crippen LogP contribution < -0.4 is 5.32 Å². The molecule has 0 radical (unpaired) electrons. The van der Waals surface area contributed by atoms with E-state index in [1.165, 1.54) is 12.8 Å². The Kier molecular flexibility index (Phi) is 5.22. The summed E-state index contributed by atoms with van der Waals surface area (Å²) in [6, 6.07) is -0.202. The van der Waals surface area contributed by atoms with Crippen molar-refractivity contribution in [2.45, 2.75) is 38.3 Å². The number of rotatable bonds is 5. The Morgan fingerprint density at radius 2 is 2.16 bits per heavy atom. The summed E-state index contributed by atoms with van der Waals surface area (Å²) in [4.78, 5) is 2.20. The zero-order valence-corrected chi connectivity index (χ0v) is 12.5. The predicted molar refractivity (Wildman–Crippen MR) is 75.9 cm³/mol. The Bertz CT molecular complexity index is 379. The largest absolute Gasteiger partial charge is 0.390 e. The second-order valence-corrected chi connectivity index (χ2v) is 8.07. The van der Waals surface area contributed by atoms with Gasteiger partial charge < -0.3 is 10.4 Å². The van der Waals surface area contributed by atoms with Crippen molar-refractivity contribution in [1.82, 2.24) is 10.2 Å². The van der Waals surface area contributed by atoms with Crippen LogP contribution in [0, 0.1) is 5.92 Å². The Labute approximate surface area is 116 Å². The zero-order valence-electron chi connectivity index (χ0n) is 11.7. The first-order valence-electron chi connectivity index (χ1n) is 7.35. The molecule has 0 aliphatic carbocycles. The Balaban J connectivity index is 1.98. The van der Waals surface area contributed by atoms with Gasteiger partial charge in [0.25, 0.3) is 0 Å². The Morgan fingerprint density at radius 3 is 2.68 bits per heavy atom. The third-order valence-corrected chi connectivity index (χ3v) is 5.86. The molecule has 2 rings (SSSR count). The van der Waals surface area contributed by atoms with E-state index in [-0.39, 0.29) is 17.5 Å². The quantitative estimate of drug-likeness (QED) is 0.737. The summed E-state index contributed by atoms with van der Waals surface area (Å²) in [5, 5.41) is 13.4. The van der Waals surface area contributed by atoms with Crippen LogP contribution in [0.4, 0.5) is 0 Å². The lowest BCUT2D eigenvalue weighted by molar-refractivity contribution is 0.0688. The van der Waals surface area contributed by atoms with Gasteiger partial charge in [-0.3, -0.25) is 4.90 Å². The van der Waals surface area contributed by atoms with E-state index in [1.807, 2.05) is 0 Å². The highest BCUT2D eigenvalue weighted by Gasteiger charge is 2.40. The van der Waals surface area contributed by atoms with Crippen molar-refractivity contribution in [2.75, 3.05) is 37.7 Å². The highest BCUT2D eigenvalue weighted by atomic mass is 32.2. The van der Waals surface area contributed by atoms with Crippen molar-refractivity contribution in [3.63, 3.8) is 0 Å². The third kappa shape index (κ3) is 4.15.